The summed E-state index contributed by atoms with van der Waals surface area (Å²) in [6.07, 6.45) is 0.909. The molecular weight excluding hydrogens is 493 g/mol. The minimum Gasteiger partial charge on any atom is -0.391 e. The van der Waals surface area contributed by atoms with E-state index >= 15 is 0 Å². The monoisotopic (exact) mass is 522 g/mol. The molecular formula is C30H29F3N2O3. The fourth-order valence-electron chi connectivity index (χ4n) is 5.81. The van der Waals surface area contributed by atoms with Crippen LogP contribution in [0.3, 0.4) is 0 Å². The van der Waals surface area contributed by atoms with Crippen LogP contribution in [-0.2, 0) is 15.0 Å². The lowest BCUT2D eigenvalue weighted by Crippen LogP contribution is -2.48. The van der Waals surface area contributed by atoms with Gasteiger partial charge >= 0.3 is 0 Å². The van der Waals surface area contributed by atoms with Gasteiger partial charge in [0.05, 0.1) is 11.5 Å². The van der Waals surface area contributed by atoms with Gasteiger partial charge in [-0.05, 0) is 65.9 Å². The van der Waals surface area contributed by atoms with E-state index in [0.29, 0.717) is 29.8 Å². The highest BCUT2D eigenvalue weighted by Gasteiger charge is 2.45. The highest BCUT2D eigenvalue weighted by Crippen LogP contribution is 2.43. The first kappa shape index (κ1) is 26.0. The molecule has 0 aromatic heterocycles. The summed E-state index contributed by atoms with van der Waals surface area (Å²) in [5.74, 6) is -1.97. The van der Waals surface area contributed by atoms with Crippen LogP contribution >= 0.6 is 0 Å². The predicted octanol–water partition coefficient (Wildman–Crippen LogP) is 4.41. The van der Waals surface area contributed by atoms with Gasteiger partial charge in [-0.1, -0.05) is 36.4 Å². The number of β-amino-alcohol motifs (C(OH)–C–C–N with tert-alkyl or cyclic N) is 1. The standard InChI is InChI=1S/C30H29F3N2O3/c31-23-9-3-20(4-10-23)30(21-5-11-24(32)12-6-21,22-7-13-25(33)14-8-22)18-28(37)35-19-26(36)17-27(35)29(38)34-15-1-2-16-34/h3-14,26-27,36H,1-2,15-19H2. The molecule has 0 saturated carbocycles. The van der Waals surface area contributed by atoms with Crippen molar-refractivity contribution in [3.63, 3.8) is 0 Å². The average molecular weight is 523 g/mol. The molecule has 3 aromatic rings. The number of likely N-dealkylation sites (tertiary alicyclic amines) is 2. The molecule has 2 aliphatic heterocycles. The molecule has 2 aliphatic rings. The van der Waals surface area contributed by atoms with Crippen LogP contribution in [0.1, 0.15) is 42.4 Å². The zero-order chi connectivity index (χ0) is 26.9. The Kier molecular flexibility index (Phi) is 7.25. The minimum atomic E-state index is -1.25. The molecule has 2 amide bonds. The molecule has 5 rings (SSSR count). The maximum atomic E-state index is 14.1. The lowest BCUT2D eigenvalue weighted by Gasteiger charge is -2.38. The van der Waals surface area contributed by atoms with E-state index in [0.717, 1.165) is 12.8 Å². The van der Waals surface area contributed by atoms with Gasteiger partial charge < -0.3 is 14.9 Å². The zero-order valence-electron chi connectivity index (χ0n) is 20.8. The van der Waals surface area contributed by atoms with Crippen molar-refractivity contribution in [3.05, 3.63) is 107 Å². The Hall–Kier alpha value is -3.65. The molecule has 0 spiro atoms. The van der Waals surface area contributed by atoms with Crippen molar-refractivity contribution in [1.29, 1.82) is 0 Å². The molecule has 2 heterocycles. The molecule has 0 bridgehead atoms. The summed E-state index contributed by atoms with van der Waals surface area (Å²) in [6, 6.07) is 16.2. The number of halogens is 3. The third-order valence-corrected chi connectivity index (χ3v) is 7.73. The Morgan fingerprint density at radius 1 is 0.763 bits per heavy atom. The Balaban J connectivity index is 1.61. The quantitative estimate of drug-likeness (QED) is 0.488. The Morgan fingerprint density at radius 2 is 1.18 bits per heavy atom. The molecule has 0 aliphatic carbocycles. The van der Waals surface area contributed by atoms with Crippen molar-refractivity contribution in [2.24, 2.45) is 0 Å². The van der Waals surface area contributed by atoms with Crippen molar-refractivity contribution in [2.45, 2.75) is 43.2 Å². The molecule has 0 radical (unpaired) electrons. The second kappa shape index (κ2) is 10.6. The maximum absolute atomic E-state index is 14.1. The van der Waals surface area contributed by atoms with Gasteiger partial charge in [0.1, 0.15) is 23.5 Å². The molecule has 8 heteroatoms. The molecule has 2 unspecified atom stereocenters. The Bertz CT molecular complexity index is 1180. The fraction of sp³-hybridized carbons (Fsp3) is 0.333. The highest BCUT2D eigenvalue weighted by molar-refractivity contribution is 5.89. The van der Waals surface area contributed by atoms with Crippen LogP contribution in [-0.4, -0.2) is 58.5 Å². The first-order valence-electron chi connectivity index (χ1n) is 12.8. The summed E-state index contributed by atoms with van der Waals surface area (Å²) in [5, 5.41) is 10.5. The van der Waals surface area contributed by atoms with Gasteiger partial charge in [-0.25, -0.2) is 13.2 Å². The smallest absolute Gasteiger partial charge is 0.245 e. The third-order valence-electron chi connectivity index (χ3n) is 7.73. The lowest BCUT2D eigenvalue weighted by molar-refractivity contribution is -0.143. The van der Waals surface area contributed by atoms with Gasteiger partial charge in [0.2, 0.25) is 11.8 Å². The van der Waals surface area contributed by atoms with E-state index in [1.165, 1.54) is 41.3 Å². The fourth-order valence-corrected chi connectivity index (χ4v) is 5.81. The van der Waals surface area contributed by atoms with E-state index in [9.17, 15) is 27.9 Å². The number of hydrogen-bond donors (Lipinski definition) is 1. The zero-order valence-corrected chi connectivity index (χ0v) is 20.8. The van der Waals surface area contributed by atoms with E-state index in [1.54, 1.807) is 41.3 Å². The van der Waals surface area contributed by atoms with E-state index in [4.69, 9.17) is 0 Å². The van der Waals surface area contributed by atoms with E-state index < -0.39 is 40.9 Å². The number of aliphatic hydroxyl groups is 1. The van der Waals surface area contributed by atoms with Crippen LogP contribution < -0.4 is 0 Å². The summed E-state index contributed by atoms with van der Waals surface area (Å²) in [6.45, 7) is 1.26. The van der Waals surface area contributed by atoms with Gasteiger partial charge in [0.15, 0.2) is 0 Å². The van der Waals surface area contributed by atoms with Gasteiger partial charge in [-0.2, -0.15) is 0 Å². The summed E-state index contributed by atoms with van der Waals surface area (Å²) in [4.78, 5) is 30.5. The number of carbonyl (C=O) groups is 2. The predicted molar refractivity (Wildman–Crippen MR) is 136 cm³/mol. The van der Waals surface area contributed by atoms with E-state index in [2.05, 4.69) is 0 Å². The van der Waals surface area contributed by atoms with Crippen molar-refractivity contribution < 1.29 is 27.9 Å². The van der Waals surface area contributed by atoms with Gasteiger partial charge in [-0.15, -0.1) is 0 Å². The number of nitrogens with zero attached hydrogens (tertiary/aromatic N) is 2. The molecule has 5 nitrogen and oxygen atoms in total. The van der Waals surface area contributed by atoms with Crippen LogP contribution in [0.4, 0.5) is 13.2 Å². The number of benzene rings is 3. The van der Waals surface area contributed by atoms with E-state index in [-0.39, 0.29) is 25.3 Å². The molecule has 1 N–H and O–H groups in total. The summed E-state index contributed by atoms with van der Waals surface area (Å²) >= 11 is 0. The maximum Gasteiger partial charge on any atom is 0.245 e. The molecule has 2 fully saturated rings. The molecule has 3 aromatic carbocycles. The largest absolute Gasteiger partial charge is 0.391 e. The SMILES string of the molecule is O=C(C1CC(O)CN1C(=O)CC(c1ccc(F)cc1)(c1ccc(F)cc1)c1ccc(F)cc1)N1CCCC1. The summed E-state index contributed by atoms with van der Waals surface area (Å²) in [5.41, 5.74) is 0.397. The van der Waals surface area contributed by atoms with Crippen molar-refractivity contribution in [1.82, 2.24) is 9.80 Å². The van der Waals surface area contributed by atoms with Crippen LogP contribution in [0.2, 0.25) is 0 Å². The molecule has 2 saturated heterocycles. The lowest BCUT2D eigenvalue weighted by atomic mass is 9.67. The van der Waals surface area contributed by atoms with Crippen LogP contribution in [0.25, 0.3) is 0 Å². The van der Waals surface area contributed by atoms with Crippen LogP contribution in [0.5, 0.6) is 0 Å². The topological polar surface area (TPSA) is 60.9 Å². The molecule has 198 valence electrons. The first-order chi connectivity index (χ1) is 18.3. The van der Waals surface area contributed by atoms with E-state index in [1.807, 2.05) is 0 Å². The second-order valence-corrected chi connectivity index (χ2v) is 10.1. The first-order valence-corrected chi connectivity index (χ1v) is 12.8. The van der Waals surface area contributed by atoms with Gasteiger partial charge in [0, 0.05) is 32.5 Å². The summed E-state index contributed by atoms with van der Waals surface area (Å²) < 4.78 is 41.9. The average Bonchev–Trinajstić information content (AvgIpc) is 3.59. The third kappa shape index (κ3) is 4.92. The number of amides is 2. The normalized spacial score (nSPS) is 19.7. The number of aliphatic hydroxyl groups excluding tert-OH is 1. The van der Waals surface area contributed by atoms with Gasteiger partial charge in [-0.3, -0.25) is 9.59 Å². The second-order valence-electron chi connectivity index (χ2n) is 10.1. The number of rotatable bonds is 6. The van der Waals surface area contributed by atoms with Crippen molar-refractivity contribution >= 4 is 11.8 Å². The molecule has 2 atom stereocenters. The van der Waals surface area contributed by atoms with Gasteiger partial charge in [0.25, 0.3) is 0 Å². The number of carbonyl (C=O) groups excluding carboxylic acids is 2. The summed E-state index contributed by atoms with van der Waals surface area (Å²) in [7, 11) is 0. The number of hydrogen-bond acceptors (Lipinski definition) is 3. The Labute approximate surface area is 219 Å². The van der Waals surface area contributed by atoms with Crippen LogP contribution in [0, 0.1) is 17.5 Å². The van der Waals surface area contributed by atoms with Crippen molar-refractivity contribution in [2.75, 3.05) is 19.6 Å². The Morgan fingerprint density at radius 3 is 1.61 bits per heavy atom. The van der Waals surface area contributed by atoms with Crippen molar-refractivity contribution in [3.8, 4) is 0 Å². The minimum absolute atomic E-state index is 0.00934. The van der Waals surface area contributed by atoms with Crippen LogP contribution in [0.15, 0.2) is 72.8 Å². The highest BCUT2D eigenvalue weighted by atomic mass is 19.1. The molecule has 38 heavy (non-hydrogen) atoms.